The minimum atomic E-state index is -4.91. The molecule has 67 heavy (non-hydrogen) atoms. The number of carbonyl (C=O) groups is 2. The quantitative estimate of drug-likeness (QED) is 0.0756. The van der Waals surface area contributed by atoms with Crippen molar-refractivity contribution in [1.29, 1.82) is 0 Å². The van der Waals surface area contributed by atoms with E-state index in [1.165, 1.54) is 56.8 Å². The van der Waals surface area contributed by atoms with Gasteiger partial charge in [-0.1, -0.05) is 58.5 Å². The number of halogens is 13. The Kier molecular flexibility index (Phi) is 17.5. The molecule has 2 heterocycles. The number of anilines is 2. The Morgan fingerprint density at radius 3 is 1.48 bits per heavy atom. The summed E-state index contributed by atoms with van der Waals surface area (Å²) in [5.74, 6) is -3.37. The van der Waals surface area contributed by atoms with Crippen molar-refractivity contribution in [1.82, 2.24) is 9.97 Å². The monoisotopic (exact) mass is 1080 g/mol. The lowest BCUT2D eigenvalue weighted by Gasteiger charge is -2.15. The standard InChI is InChI=1S/C20H12Cl2F4N2O4S.C13H10ClFN2O2.C7H3Cl2F3O2S/c1-32-16-4-2-3-14(23)17(16)19(29)18-15(7-10(21)9-27-18)28-33(30,31)11-5-6-13(22)12(8-11)20(24,25)26;1-19-10-4-2-3-8(15)11(10)13(18)12-9(16)5-7(14)6-17-12;8-6-2-1-4(15(9,13)14)3-5(6)7(10,11)12/h2-9,28H,1H3;2-6H,16H2,1H3;1-3H. The summed E-state index contributed by atoms with van der Waals surface area (Å²) in [6, 6.07) is 14.2. The van der Waals surface area contributed by atoms with Gasteiger partial charge in [-0.25, -0.2) is 35.6 Å². The third kappa shape index (κ3) is 13.6. The molecule has 3 N–H and O–H groups in total. The molecule has 0 spiro atoms. The SMILES string of the molecule is COc1cccc(F)c1C(=O)c1ncc(Cl)cc1N.COc1cccc(F)c1C(=O)c1ncc(Cl)cc1NS(=O)(=O)c1ccc(Cl)c(C(F)(F)F)c1.O=S(=O)(Cl)c1ccc(Cl)c(C(F)(F)F)c1. The topological polar surface area (TPSA) is 185 Å². The van der Waals surface area contributed by atoms with Crippen molar-refractivity contribution in [3.8, 4) is 11.5 Å². The first-order valence-corrected chi connectivity index (χ1v) is 22.8. The summed E-state index contributed by atoms with van der Waals surface area (Å²) in [5, 5.41) is -1.08. The Morgan fingerprint density at radius 2 is 1.04 bits per heavy atom. The second kappa shape index (κ2) is 21.6. The molecule has 0 amide bonds. The molecule has 356 valence electrons. The summed E-state index contributed by atoms with van der Waals surface area (Å²) >= 11 is 22.4. The highest BCUT2D eigenvalue weighted by Gasteiger charge is 2.36. The van der Waals surface area contributed by atoms with Crippen LogP contribution in [0.2, 0.25) is 20.1 Å². The first kappa shape index (κ1) is 54.1. The molecule has 0 saturated carbocycles. The number of nitrogen functional groups attached to an aromatic ring is 1. The normalized spacial score (nSPS) is 11.6. The number of sulfonamides is 1. The van der Waals surface area contributed by atoms with Crippen LogP contribution in [0.5, 0.6) is 11.5 Å². The summed E-state index contributed by atoms with van der Waals surface area (Å²) in [5.41, 5.74) is 1.32. The Bertz CT molecular complexity index is 3100. The lowest BCUT2D eigenvalue weighted by molar-refractivity contribution is -0.138. The number of ether oxygens (including phenoxy) is 2. The summed E-state index contributed by atoms with van der Waals surface area (Å²) in [7, 11) is -1.42. The molecule has 27 heteroatoms. The molecule has 0 saturated heterocycles. The van der Waals surface area contributed by atoms with Crippen LogP contribution in [0.4, 0.5) is 46.5 Å². The van der Waals surface area contributed by atoms with E-state index in [4.69, 9.17) is 72.3 Å². The number of ketones is 2. The zero-order valence-electron chi connectivity index (χ0n) is 33.2. The van der Waals surface area contributed by atoms with E-state index in [0.717, 1.165) is 42.6 Å². The molecule has 0 aliphatic heterocycles. The molecule has 4 aromatic carbocycles. The maximum Gasteiger partial charge on any atom is 0.417 e. The van der Waals surface area contributed by atoms with Crippen LogP contribution in [-0.2, 0) is 31.4 Å². The molecule has 0 radical (unpaired) electrons. The first-order chi connectivity index (χ1) is 31.0. The van der Waals surface area contributed by atoms with Crippen LogP contribution < -0.4 is 19.9 Å². The van der Waals surface area contributed by atoms with Crippen molar-refractivity contribution in [2.75, 3.05) is 24.7 Å². The van der Waals surface area contributed by atoms with E-state index in [1.54, 1.807) is 0 Å². The molecule has 0 aliphatic rings. The number of alkyl halides is 6. The van der Waals surface area contributed by atoms with E-state index in [2.05, 4.69) is 9.97 Å². The van der Waals surface area contributed by atoms with Crippen molar-refractivity contribution in [2.45, 2.75) is 22.1 Å². The second-order valence-electron chi connectivity index (χ2n) is 12.8. The van der Waals surface area contributed by atoms with E-state index in [-0.39, 0.29) is 33.5 Å². The van der Waals surface area contributed by atoms with Crippen molar-refractivity contribution < 1.29 is 71.0 Å². The molecule has 0 atom stereocenters. The van der Waals surface area contributed by atoms with Gasteiger partial charge in [0.05, 0.1) is 66.6 Å². The van der Waals surface area contributed by atoms with Gasteiger partial charge in [0.15, 0.2) is 0 Å². The molecule has 2 aromatic heterocycles. The molecule has 6 rings (SSSR count). The third-order valence-corrected chi connectivity index (χ3v) is 12.1. The number of methoxy groups -OCH3 is 2. The average Bonchev–Trinajstić information content (AvgIpc) is 3.22. The van der Waals surface area contributed by atoms with Crippen molar-refractivity contribution in [2.24, 2.45) is 0 Å². The number of nitrogens with two attached hydrogens (primary N) is 1. The predicted molar refractivity (Wildman–Crippen MR) is 232 cm³/mol. The van der Waals surface area contributed by atoms with E-state index in [9.17, 15) is 61.5 Å². The summed E-state index contributed by atoms with van der Waals surface area (Å²) in [4.78, 5) is 31.5. The van der Waals surface area contributed by atoms with E-state index >= 15 is 0 Å². The van der Waals surface area contributed by atoms with Gasteiger partial charge < -0.3 is 15.2 Å². The minimum Gasteiger partial charge on any atom is -0.496 e. The van der Waals surface area contributed by atoms with E-state index in [1.807, 2.05) is 4.72 Å². The average molecular weight is 1080 g/mol. The van der Waals surface area contributed by atoms with Gasteiger partial charge in [0.1, 0.15) is 45.6 Å². The van der Waals surface area contributed by atoms with Gasteiger partial charge in [0, 0.05) is 23.1 Å². The molecule has 0 bridgehead atoms. The number of pyridine rings is 2. The summed E-state index contributed by atoms with van der Waals surface area (Å²) < 4.78 is 164. The van der Waals surface area contributed by atoms with Gasteiger partial charge in [-0.15, -0.1) is 0 Å². The smallest absolute Gasteiger partial charge is 0.417 e. The van der Waals surface area contributed by atoms with Crippen LogP contribution in [0.25, 0.3) is 0 Å². The summed E-state index contributed by atoms with van der Waals surface area (Å²) in [6.45, 7) is 0. The maximum absolute atomic E-state index is 14.4. The number of aromatic nitrogens is 2. The fourth-order valence-electron chi connectivity index (χ4n) is 5.33. The van der Waals surface area contributed by atoms with E-state index < -0.39 is 103 Å². The van der Waals surface area contributed by atoms with Gasteiger partial charge in [-0.05, 0) is 72.8 Å². The van der Waals surface area contributed by atoms with Crippen molar-refractivity contribution in [3.63, 3.8) is 0 Å². The van der Waals surface area contributed by atoms with Gasteiger partial charge in [0.2, 0.25) is 11.6 Å². The highest BCUT2D eigenvalue weighted by Crippen LogP contribution is 2.38. The molecule has 0 fully saturated rings. The maximum atomic E-state index is 14.4. The molecule has 0 unspecified atom stereocenters. The lowest BCUT2D eigenvalue weighted by atomic mass is 10.0. The van der Waals surface area contributed by atoms with Crippen LogP contribution in [0.1, 0.15) is 43.2 Å². The highest BCUT2D eigenvalue weighted by atomic mass is 35.7. The second-order valence-corrected chi connectivity index (χ2v) is 18.7. The highest BCUT2D eigenvalue weighted by molar-refractivity contribution is 8.13. The first-order valence-electron chi connectivity index (χ1n) is 17.5. The number of nitrogens with zero attached hydrogens (tertiary/aromatic N) is 2. The Morgan fingerprint density at radius 1 is 0.627 bits per heavy atom. The minimum absolute atomic E-state index is 0.0622. The van der Waals surface area contributed by atoms with Crippen LogP contribution >= 0.6 is 57.1 Å². The van der Waals surface area contributed by atoms with Crippen molar-refractivity contribution >= 4 is 99.1 Å². The number of hydrogen-bond acceptors (Lipinski definition) is 11. The zero-order valence-corrected chi connectivity index (χ0v) is 38.6. The zero-order chi connectivity index (χ0) is 50.4. The molecule has 0 aliphatic carbocycles. The van der Waals surface area contributed by atoms with Gasteiger partial charge in [-0.3, -0.25) is 14.3 Å². The molecular formula is C40H25Cl5F8N4O8S2. The number of carbonyl (C=O) groups excluding carboxylic acids is 2. The van der Waals surface area contributed by atoms with Crippen LogP contribution in [0.3, 0.4) is 0 Å². The van der Waals surface area contributed by atoms with Gasteiger partial charge in [0.25, 0.3) is 19.1 Å². The van der Waals surface area contributed by atoms with Gasteiger partial charge in [-0.2, -0.15) is 26.3 Å². The number of nitrogens with one attached hydrogen (secondary N) is 1. The number of benzene rings is 4. The van der Waals surface area contributed by atoms with Crippen LogP contribution in [0, 0.1) is 11.6 Å². The predicted octanol–water partition coefficient (Wildman–Crippen LogP) is 11.6. The Balaban J connectivity index is 0.000000243. The Hall–Kier alpha value is -5.49. The Labute approximate surface area is 399 Å². The largest absolute Gasteiger partial charge is 0.496 e. The fourth-order valence-corrected chi connectivity index (χ4v) is 7.97. The fraction of sp³-hybridized carbons (Fsp3) is 0.100. The van der Waals surface area contributed by atoms with Crippen molar-refractivity contribution in [3.05, 3.63) is 163 Å². The van der Waals surface area contributed by atoms with Crippen LogP contribution in [-0.4, -0.2) is 52.6 Å². The van der Waals surface area contributed by atoms with Gasteiger partial charge >= 0.3 is 12.4 Å². The van der Waals surface area contributed by atoms with E-state index in [0.29, 0.717) is 17.2 Å². The third-order valence-electron chi connectivity index (χ3n) is 8.34. The van der Waals surface area contributed by atoms with Crippen LogP contribution in [0.15, 0.2) is 107 Å². The summed E-state index contributed by atoms with van der Waals surface area (Å²) in [6.07, 6.45) is -7.33. The molecule has 6 aromatic rings. The number of rotatable bonds is 10. The lowest BCUT2D eigenvalue weighted by Crippen LogP contribution is -2.18. The molecular weight excluding hydrogens is 1060 g/mol. The molecule has 12 nitrogen and oxygen atoms in total. The number of hydrogen-bond donors (Lipinski definition) is 2.